The van der Waals surface area contributed by atoms with Crippen LogP contribution in [0.2, 0.25) is 0 Å². The van der Waals surface area contributed by atoms with Gasteiger partial charge in [0.25, 0.3) is 5.69 Å². The summed E-state index contributed by atoms with van der Waals surface area (Å²) < 4.78 is 9.98. The molecule has 0 aliphatic carbocycles. The molecule has 1 heterocycles. The first-order valence-corrected chi connectivity index (χ1v) is 3.97. The molecular formula is C9H7NO4. The minimum Gasteiger partial charge on any atom is -0.461 e. The molecule has 0 radical (unpaired) electrons. The van der Waals surface area contributed by atoms with Gasteiger partial charge in [0.15, 0.2) is 5.76 Å². The predicted molar refractivity (Wildman–Crippen MR) is 48.1 cm³/mol. The molecule has 5 nitrogen and oxygen atoms in total. The van der Waals surface area contributed by atoms with Gasteiger partial charge in [0.1, 0.15) is 6.26 Å². The second-order valence-electron chi connectivity index (χ2n) is 2.71. The van der Waals surface area contributed by atoms with Gasteiger partial charge < -0.3 is 9.47 Å². The van der Waals surface area contributed by atoms with Crippen molar-refractivity contribution in [2.45, 2.75) is 0 Å². The zero-order chi connectivity index (χ0) is 9.97. The van der Waals surface area contributed by atoms with Crippen LogP contribution in [0.15, 0.2) is 30.5 Å². The smallest absolute Gasteiger partial charge is 0.269 e. The second-order valence-corrected chi connectivity index (χ2v) is 2.71. The molecule has 0 saturated carbocycles. The van der Waals surface area contributed by atoms with Crippen LogP contribution in [-0.4, -0.2) is 11.7 Å². The third-order valence-corrected chi connectivity index (χ3v) is 1.84. The molecule has 0 unspecified atom stereocenters. The van der Waals surface area contributed by atoms with Gasteiger partial charge in [-0.2, -0.15) is 0 Å². The molecule has 1 aromatic carbocycles. The number of nitrogens with zero attached hydrogens (tertiary/aromatic N) is 1. The van der Waals surface area contributed by atoms with Gasteiger partial charge in [-0.05, 0) is 12.1 Å². The van der Waals surface area contributed by atoms with Crippen molar-refractivity contribution in [2.24, 2.45) is 0 Å². The molecule has 2 rings (SSSR count). The summed E-state index contributed by atoms with van der Waals surface area (Å²) in [6.07, 6.45) is 1.49. The SMILES string of the molecule is O=[N+]([O-])c1ccc(C2=COCO2)cc1. The highest BCUT2D eigenvalue weighted by Gasteiger charge is 2.11. The summed E-state index contributed by atoms with van der Waals surface area (Å²) in [6.45, 7) is 0.201. The van der Waals surface area contributed by atoms with E-state index in [1.807, 2.05) is 0 Å². The van der Waals surface area contributed by atoms with Gasteiger partial charge in [0, 0.05) is 17.7 Å². The topological polar surface area (TPSA) is 61.6 Å². The molecule has 1 aromatic rings. The molecule has 14 heavy (non-hydrogen) atoms. The van der Waals surface area contributed by atoms with E-state index in [1.54, 1.807) is 12.1 Å². The highest BCUT2D eigenvalue weighted by Crippen LogP contribution is 2.22. The van der Waals surface area contributed by atoms with Crippen LogP contribution in [0.5, 0.6) is 0 Å². The van der Waals surface area contributed by atoms with Crippen molar-refractivity contribution in [2.75, 3.05) is 6.79 Å². The number of ether oxygens (including phenoxy) is 2. The van der Waals surface area contributed by atoms with Crippen molar-refractivity contribution in [3.63, 3.8) is 0 Å². The van der Waals surface area contributed by atoms with E-state index in [0.717, 1.165) is 5.56 Å². The Morgan fingerprint density at radius 1 is 1.29 bits per heavy atom. The summed E-state index contributed by atoms with van der Waals surface area (Å²) >= 11 is 0. The van der Waals surface area contributed by atoms with E-state index in [9.17, 15) is 10.1 Å². The van der Waals surface area contributed by atoms with Crippen molar-refractivity contribution < 1.29 is 14.4 Å². The number of hydrogen-bond donors (Lipinski definition) is 0. The molecule has 0 N–H and O–H groups in total. The summed E-state index contributed by atoms with van der Waals surface area (Å²) in [5, 5.41) is 10.4. The maximum atomic E-state index is 10.4. The highest BCUT2D eigenvalue weighted by atomic mass is 16.7. The Hall–Kier alpha value is -2.04. The minimum atomic E-state index is -0.440. The average molecular weight is 193 g/mol. The van der Waals surface area contributed by atoms with Crippen molar-refractivity contribution in [1.82, 2.24) is 0 Å². The van der Waals surface area contributed by atoms with Gasteiger partial charge in [-0.3, -0.25) is 10.1 Å². The molecule has 1 aliphatic rings. The first-order chi connectivity index (χ1) is 6.77. The molecule has 0 atom stereocenters. The second kappa shape index (κ2) is 3.37. The van der Waals surface area contributed by atoms with Crippen LogP contribution in [0.25, 0.3) is 5.76 Å². The van der Waals surface area contributed by atoms with Crippen LogP contribution in [-0.2, 0) is 9.47 Å². The van der Waals surface area contributed by atoms with Crippen molar-refractivity contribution in [1.29, 1.82) is 0 Å². The van der Waals surface area contributed by atoms with Crippen LogP contribution in [0, 0.1) is 10.1 Å². The summed E-state index contributed by atoms with van der Waals surface area (Å²) in [6, 6.07) is 6.10. The highest BCUT2D eigenvalue weighted by molar-refractivity contribution is 5.60. The van der Waals surface area contributed by atoms with E-state index >= 15 is 0 Å². The Labute approximate surface area is 79.7 Å². The van der Waals surface area contributed by atoms with Crippen LogP contribution in [0.4, 0.5) is 5.69 Å². The number of non-ortho nitro benzene ring substituents is 1. The molecule has 0 bridgehead atoms. The summed E-state index contributed by atoms with van der Waals surface area (Å²) in [7, 11) is 0. The molecule has 0 spiro atoms. The van der Waals surface area contributed by atoms with Crippen LogP contribution >= 0.6 is 0 Å². The van der Waals surface area contributed by atoms with E-state index in [0.29, 0.717) is 5.76 Å². The lowest BCUT2D eigenvalue weighted by atomic mass is 10.2. The number of nitro benzene ring substituents is 1. The number of hydrogen-bond acceptors (Lipinski definition) is 4. The first kappa shape index (κ1) is 8.55. The Kier molecular flexibility index (Phi) is 2.06. The average Bonchev–Trinajstić information content (AvgIpc) is 2.71. The summed E-state index contributed by atoms with van der Waals surface area (Å²) in [5.74, 6) is 0.597. The van der Waals surface area contributed by atoms with Gasteiger partial charge in [-0.15, -0.1) is 0 Å². The lowest BCUT2D eigenvalue weighted by molar-refractivity contribution is -0.384. The number of benzene rings is 1. The maximum absolute atomic E-state index is 10.4. The summed E-state index contributed by atoms with van der Waals surface area (Å²) in [4.78, 5) is 9.93. The molecule has 1 aliphatic heterocycles. The molecular weight excluding hydrogens is 186 g/mol. The van der Waals surface area contributed by atoms with Crippen LogP contribution in [0.1, 0.15) is 5.56 Å². The number of nitro groups is 1. The Morgan fingerprint density at radius 2 is 2.00 bits per heavy atom. The van der Waals surface area contributed by atoms with Gasteiger partial charge >= 0.3 is 0 Å². The third-order valence-electron chi connectivity index (χ3n) is 1.84. The van der Waals surface area contributed by atoms with E-state index < -0.39 is 4.92 Å². The largest absolute Gasteiger partial charge is 0.461 e. The molecule has 0 fully saturated rings. The zero-order valence-corrected chi connectivity index (χ0v) is 7.17. The fourth-order valence-electron chi connectivity index (χ4n) is 1.14. The Bertz CT molecular complexity index is 382. The lowest BCUT2D eigenvalue weighted by Crippen LogP contribution is -1.89. The molecule has 5 heteroatoms. The van der Waals surface area contributed by atoms with Gasteiger partial charge in [-0.25, -0.2) is 0 Å². The quantitative estimate of drug-likeness (QED) is 0.531. The molecule has 0 amide bonds. The van der Waals surface area contributed by atoms with Gasteiger partial charge in [0.2, 0.25) is 6.79 Å². The predicted octanol–water partition coefficient (Wildman–Crippen LogP) is 1.90. The maximum Gasteiger partial charge on any atom is 0.269 e. The normalized spacial score (nSPS) is 14.1. The zero-order valence-electron chi connectivity index (χ0n) is 7.17. The number of rotatable bonds is 2. The van der Waals surface area contributed by atoms with Crippen molar-refractivity contribution in [3.8, 4) is 0 Å². The van der Waals surface area contributed by atoms with E-state index in [4.69, 9.17) is 9.47 Å². The third kappa shape index (κ3) is 1.52. The van der Waals surface area contributed by atoms with Gasteiger partial charge in [0.05, 0.1) is 4.92 Å². The van der Waals surface area contributed by atoms with Crippen molar-refractivity contribution >= 4 is 11.4 Å². The van der Waals surface area contributed by atoms with E-state index in [-0.39, 0.29) is 12.5 Å². The standard InChI is InChI=1S/C9H7NO4/c11-10(12)8-3-1-7(2-4-8)9-5-13-6-14-9/h1-5H,6H2. The van der Waals surface area contributed by atoms with Crippen LogP contribution in [0.3, 0.4) is 0 Å². The minimum absolute atomic E-state index is 0.0632. The molecule has 72 valence electrons. The monoisotopic (exact) mass is 193 g/mol. The van der Waals surface area contributed by atoms with Crippen LogP contribution < -0.4 is 0 Å². The van der Waals surface area contributed by atoms with Gasteiger partial charge in [-0.1, -0.05) is 0 Å². The summed E-state index contributed by atoms with van der Waals surface area (Å²) in [5.41, 5.74) is 0.835. The van der Waals surface area contributed by atoms with E-state index in [1.165, 1.54) is 18.4 Å². The first-order valence-electron chi connectivity index (χ1n) is 3.97. The fraction of sp³-hybridized carbons (Fsp3) is 0.111. The Morgan fingerprint density at radius 3 is 2.50 bits per heavy atom. The lowest BCUT2D eigenvalue weighted by Gasteiger charge is -1.99. The fourth-order valence-corrected chi connectivity index (χ4v) is 1.14. The van der Waals surface area contributed by atoms with E-state index in [2.05, 4.69) is 0 Å². The molecule has 0 saturated heterocycles. The Balaban J connectivity index is 2.25. The van der Waals surface area contributed by atoms with Crippen molar-refractivity contribution in [3.05, 3.63) is 46.2 Å². The molecule has 0 aromatic heterocycles.